The molecule has 2 aliphatic heterocycles. The number of rotatable bonds is 9. The topological polar surface area (TPSA) is 73.4 Å². The Kier molecular flexibility index (Phi) is 8.99. The Morgan fingerprint density at radius 2 is 1.97 bits per heavy atom. The lowest BCUT2D eigenvalue weighted by Gasteiger charge is -2.33. The number of hydrogen-bond donors (Lipinski definition) is 2. The average Bonchev–Trinajstić information content (AvgIpc) is 3.02. The monoisotopic (exact) mass is 402 g/mol. The first kappa shape index (κ1) is 21.8. The number of nitrogens with one attached hydrogen (secondary N) is 2. The molecule has 1 aromatic heterocycles. The lowest BCUT2D eigenvalue weighted by Crippen LogP contribution is -2.37. The van der Waals surface area contributed by atoms with Crippen LogP contribution in [0.2, 0.25) is 0 Å². The SMILES string of the molecule is CCNc1cc(N2CCCC(CCC(=O)NCCN3CCCCCC3)C2)ncn1. The fourth-order valence-corrected chi connectivity index (χ4v) is 4.44. The van der Waals surface area contributed by atoms with Crippen molar-refractivity contribution in [2.75, 3.05) is 56.0 Å². The van der Waals surface area contributed by atoms with Gasteiger partial charge in [0.15, 0.2) is 0 Å². The van der Waals surface area contributed by atoms with E-state index >= 15 is 0 Å². The summed E-state index contributed by atoms with van der Waals surface area (Å²) in [7, 11) is 0. The lowest BCUT2D eigenvalue weighted by atomic mass is 9.93. The molecule has 2 fully saturated rings. The van der Waals surface area contributed by atoms with Crippen molar-refractivity contribution < 1.29 is 4.79 Å². The average molecular weight is 403 g/mol. The molecule has 2 N–H and O–H groups in total. The van der Waals surface area contributed by atoms with E-state index in [2.05, 4.69) is 37.3 Å². The first-order chi connectivity index (χ1) is 14.2. The highest BCUT2D eigenvalue weighted by molar-refractivity contribution is 5.75. The normalized spacial score (nSPS) is 20.9. The van der Waals surface area contributed by atoms with Gasteiger partial charge in [-0.25, -0.2) is 9.97 Å². The van der Waals surface area contributed by atoms with Crippen LogP contribution in [0.15, 0.2) is 12.4 Å². The molecule has 0 spiro atoms. The molecular weight excluding hydrogens is 364 g/mol. The third-order valence-electron chi connectivity index (χ3n) is 6.08. The maximum atomic E-state index is 12.3. The minimum atomic E-state index is 0.202. The van der Waals surface area contributed by atoms with E-state index < -0.39 is 0 Å². The van der Waals surface area contributed by atoms with E-state index in [0.29, 0.717) is 12.3 Å². The van der Waals surface area contributed by atoms with Crippen LogP contribution >= 0.6 is 0 Å². The van der Waals surface area contributed by atoms with E-state index in [1.54, 1.807) is 6.33 Å². The number of carbonyl (C=O) groups is 1. The summed E-state index contributed by atoms with van der Waals surface area (Å²) in [5.74, 6) is 2.62. The highest BCUT2D eigenvalue weighted by Gasteiger charge is 2.22. The smallest absolute Gasteiger partial charge is 0.220 e. The van der Waals surface area contributed by atoms with Gasteiger partial charge in [-0.1, -0.05) is 12.8 Å². The van der Waals surface area contributed by atoms with E-state index in [1.165, 1.54) is 45.2 Å². The highest BCUT2D eigenvalue weighted by Crippen LogP contribution is 2.25. The second-order valence-corrected chi connectivity index (χ2v) is 8.39. The number of nitrogens with zero attached hydrogens (tertiary/aromatic N) is 4. The molecular formula is C22H38N6O. The van der Waals surface area contributed by atoms with Gasteiger partial charge >= 0.3 is 0 Å². The molecule has 1 aromatic rings. The standard InChI is InChI=1S/C22H38N6O/c1-2-23-20-16-21(26-18-25-20)28-14-7-8-19(17-28)9-10-22(29)24-11-15-27-12-5-3-4-6-13-27/h16,18-19H,2-15,17H2,1H3,(H,24,29)(H,23,25,26). The van der Waals surface area contributed by atoms with Gasteiger partial charge in [-0.2, -0.15) is 0 Å². The largest absolute Gasteiger partial charge is 0.370 e. The summed E-state index contributed by atoms with van der Waals surface area (Å²) in [6.45, 7) is 9.07. The summed E-state index contributed by atoms with van der Waals surface area (Å²) in [6, 6.07) is 2.03. The van der Waals surface area contributed by atoms with Crippen LogP contribution in [0.1, 0.15) is 58.3 Å². The van der Waals surface area contributed by atoms with Crippen LogP contribution in [0, 0.1) is 5.92 Å². The molecule has 2 saturated heterocycles. The maximum Gasteiger partial charge on any atom is 0.220 e. The number of piperidine rings is 1. The summed E-state index contributed by atoms with van der Waals surface area (Å²) in [5, 5.41) is 6.38. The van der Waals surface area contributed by atoms with Crippen molar-refractivity contribution >= 4 is 17.5 Å². The van der Waals surface area contributed by atoms with Crippen LogP contribution in [-0.2, 0) is 4.79 Å². The predicted octanol–water partition coefficient (Wildman–Crippen LogP) is 2.90. The predicted molar refractivity (Wildman–Crippen MR) is 118 cm³/mol. The van der Waals surface area contributed by atoms with Gasteiger partial charge < -0.3 is 20.4 Å². The van der Waals surface area contributed by atoms with Crippen LogP contribution < -0.4 is 15.5 Å². The van der Waals surface area contributed by atoms with Gasteiger partial charge in [0, 0.05) is 45.2 Å². The number of hydrogen-bond acceptors (Lipinski definition) is 6. The van der Waals surface area contributed by atoms with E-state index in [-0.39, 0.29) is 5.91 Å². The molecule has 3 rings (SSSR count). The number of amides is 1. The van der Waals surface area contributed by atoms with Crippen molar-refractivity contribution in [3.05, 3.63) is 12.4 Å². The highest BCUT2D eigenvalue weighted by atomic mass is 16.1. The molecule has 7 nitrogen and oxygen atoms in total. The molecule has 3 heterocycles. The van der Waals surface area contributed by atoms with Gasteiger partial charge in [0.1, 0.15) is 18.0 Å². The van der Waals surface area contributed by atoms with Gasteiger partial charge in [-0.15, -0.1) is 0 Å². The fourth-order valence-electron chi connectivity index (χ4n) is 4.44. The zero-order valence-corrected chi connectivity index (χ0v) is 18.0. The van der Waals surface area contributed by atoms with Gasteiger partial charge in [0.25, 0.3) is 0 Å². The molecule has 0 saturated carbocycles. The zero-order valence-electron chi connectivity index (χ0n) is 18.0. The van der Waals surface area contributed by atoms with E-state index in [0.717, 1.165) is 57.2 Å². The van der Waals surface area contributed by atoms with Gasteiger partial charge in [0.05, 0.1) is 0 Å². The lowest BCUT2D eigenvalue weighted by molar-refractivity contribution is -0.121. The quantitative estimate of drug-likeness (QED) is 0.662. The van der Waals surface area contributed by atoms with E-state index in [9.17, 15) is 4.79 Å². The zero-order chi connectivity index (χ0) is 20.3. The second kappa shape index (κ2) is 12.0. The van der Waals surface area contributed by atoms with Gasteiger partial charge in [0.2, 0.25) is 5.91 Å². The fraction of sp³-hybridized carbons (Fsp3) is 0.773. The Bertz CT molecular complexity index is 617. The molecule has 162 valence electrons. The summed E-state index contributed by atoms with van der Waals surface area (Å²) in [6.07, 6.45) is 10.9. The maximum absolute atomic E-state index is 12.3. The van der Waals surface area contributed by atoms with Crippen LogP contribution in [0.5, 0.6) is 0 Å². The molecule has 1 unspecified atom stereocenters. The molecule has 7 heteroatoms. The third-order valence-corrected chi connectivity index (χ3v) is 6.08. The van der Waals surface area contributed by atoms with Crippen LogP contribution in [-0.4, -0.2) is 66.6 Å². The van der Waals surface area contributed by atoms with Crippen molar-refractivity contribution in [3.8, 4) is 0 Å². The second-order valence-electron chi connectivity index (χ2n) is 8.39. The molecule has 0 radical (unpaired) electrons. The summed E-state index contributed by atoms with van der Waals surface area (Å²) in [5.41, 5.74) is 0. The summed E-state index contributed by atoms with van der Waals surface area (Å²) < 4.78 is 0. The summed E-state index contributed by atoms with van der Waals surface area (Å²) >= 11 is 0. The molecule has 0 aliphatic carbocycles. The number of likely N-dealkylation sites (tertiary alicyclic amines) is 1. The first-order valence-corrected chi connectivity index (χ1v) is 11.5. The Labute approximate surface area is 175 Å². The minimum Gasteiger partial charge on any atom is -0.370 e. The van der Waals surface area contributed by atoms with Crippen molar-refractivity contribution in [1.29, 1.82) is 0 Å². The van der Waals surface area contributed by atoms with E-state index in [1.807, 2.05) is 6.07 Å². The van der Waals surface area contributed by atoms with Crippen LogP contribution in [0.4, 0.5) is 11.6 Å². The van der Waals surface area contributed by atoms with Crippen LogP contribution in [0.25, 0.3) is 0 Å². The Hall–Kier alpha value is -1.89. The molecule has 2 aliphatic rings. The molecule has 1 atom stereocenters. The van der Waals surface area contributed by atoms with Gasteiger partial charge in [-0.05, 0) is 58.0 Å². The third kappa shape index (κ3) is 7.46. The van der Waals surface area contributed by atoms with Crippen molar-refractivity contribution in [2.24, 2.45) is 5.92 Å². The molecule has 0 bridgehead atoms. The van der Waals surface area contributed by atoms with E-state index in [4.69, 9.17) is 0 Å². The van der Waals surface area contributed by atoms with Crippen molar-refractivity contribution in [2.45, 2.75) is 58.3 Å². The van der Waals surface area contributed by atoms with Crippen molar-refractivity contribution in [3.63, 3.8) is 0 Å². The Morgan fingerprint density at radius 1 is 1.14 bits per heavy atom. The minimum absolute atomic E-state index is 0.202. The Morgan fingerprint density at radius 3 is 2.76 bits per heavy atom. The van der Waals surface area contributed by atoms with Crippen molar-refractivity contribution in [1.82, 2.24) is 20.2 Å². The number of anilines is 2. The first-order valence-electron chi connectivity index (χ1n) is 11.5. The van der Waals surface area contributed by atoms with Crippen LogP contribution in [0.3, 0.4) is 0 Å². The molecule has 1 amide bonds. The Balaban J connectivity index is 1.36. The van der Waals surface area contributed by atoms with Gasteiger partial charge in [-0.3, -0.25) is 4.79 Å². The number of aromatic nitrogens is 2. The number of carbonyl (C=O) groups excluding carboxylic acids is 1. The summed E-state index contributed by atoms with van der Waals surface area (Å²) in [4.78, 5) is 25.9. The molecule has 29 heavy (non-hydrogen) atoms. The molecule has 0 aromatic carbocycles.